The van der Waals surface area contributed by atoms with Crippen LogP contribution in [0.25, 0.3) is 11.5 Å². The standard InChI is InChI=1S/C21H31N5O3/c1-13-11-17(21-23-15(3)25-29-21)20(22-14(13)2)26-8-5-18(19(12-26)27-4)24-16-6-9-28-10-7-16/h11,16,18-19,24H,5-10,12H2,1-4H3. The van der Waals surface area contributed by atoms with Crippen molar-refractivity contribution in [3.05, 3.63) is 23.1 Å². The number of nitrogens with one attached hydrogen (secondary N) is 1. The van der Waals surface area contributed by atoms with Crippen molar-refractivity contribution >= 4 is 5.82 Å². The Hall–Kier alpha value is -2.03. The van der Waals surface area contributed by atoms with E-state index in [0.29, 0.717) is 23.8 Å². The van der Waals surface area contributed by atoms with Crippen LogP contribution in [0.3, 0.4) is 0 Å². The topological polar surface area (TPSA) is 85.5 Å². The number of hydrogen-bond acceptors (Lipinski definition) is 8. The maximum absolute atomic E-state index is 5.89. The molecule has 8 heteroatoms. The predicted octanol–water partition coefficient (Wildman–Crippen LogP) is 2.42. The fourth-order valence-electron chi connectivity index (χ4n) is 4.20. The maximum Gasteiger partial charge on any atom is 0.261 e. The van der Waals surface area contributed by atoms with Crippen molar-refractivity contribution < 1.29 is 14.0 Å². The first-order valence-corrected chi connectivity index (χ1v) is 10.5. The third kappa shape index (κ3) is 4.44. The molecule has 2 aliphatic rings. The van der Waals surface area contributed by atoms with Crippen molar-refractivity contribution in [2.75, 3.05) is 38.3 Å². The quantitative estimate of drug-likeness (QED) is 0.818. The Morgan fingerprint density at radius 2 is 1.93 bits per heavy atom. The van der Waals surface area contributed by atoms with Crippen LogP contribution in [-0.2, 0) is 9.47 Å². The number of nitrogens with zero attached hydrogens (tertiary/aromatic N) is 4. The summed E-state index contributed by atoms with van der Waals surface area (Å²) < 4.78 is 16.8. The average Bonchev–Trinajstić information content (AvgIpc) is 3.17. The van der Waals surface area contributed by atoms with E-state index in [1.54, 1.807) is 7.11 Å². The van der Waals surface area contributed by atoms with Gasteiger partial charge in [-0.2, -0.15) is 4.98 Å². The Morgan fingerprint density at radius 1 is 1.14 bits per heavy atom. The van der Waals surface area contributed by atoms with Crippen LogP contribution < -0.4 is 10.2 Å². The third-order valence-electron chi connectivity index (χ3n) is 6.04. The lowest BCUT2D eigenvalue weighted by atomic mass is 9.98. The van der Waals surface area contributed by atoms with Gasteiger partial charge in [-0.1, -0.05) is 5.16 Å². The minimum atomic E-state index is 0.0901. The number of pyridine rings is 1. The first kappa shape index (κ1) is 20.3. The fourth-order valence-corrected chi connectivity index (χ4v) is 4.20. The van der Waals surface area contributed by atoms with E-state index in [1.165, 1.54) is 0 Å². The number of ether oxygens (including phenoxy) is 2. The van der Waals surface area contributed by atoms with Gasteiger partial charge in [0, 0.05) is 51.2 Å². The second kappa shape index (κ2) is 8.77. The Balaban J connectivity index is 1.55. The molecule has 158 valence electrons. The molecule has 0 aliphatic carbocycles. The van der Waals surface area contributed by atoms with Gasteiger partial charge in [-0.25, -0.2) is 4.98 Å². The molecule has 0 radical (unpaired) electrons. The summed E-state index contributed by atoms with van der Waals surface area (Å²) in [5.41, 5.74) is 3.01. The predicted molar refractivity (Wildman–Crippen MR) is 110 cm³/mol. The van der Waals surface area contributed by atoms with E-state index in [9.17, 15) is 0 Å². The second-order valence-electron chi connectivity index (χ2n) is 8.08. The van der Waals surface area contributed by atoms with Gasteiger partial charge in [0.25, 0.3) is 5.89 Å². The molecule has 2 fully saturated rings. The number of aryl methyl sites for hydroxylation is 3. The summed E-state index contributed by atoms with van der Waals surface area (Å²) in [4.78, 5) is 11.6. The fraction of sp³-hybridized carbons (Fsp3) is 0.667. The molecule has 29 heavy (non-hydrogen) atoms. The first-order chi connectivity index (χ1) is 14.0. The van der Waals surface area contributed by atoms with Crippen molar-refractivity contribution in [1.82, 2.24) is 20.4 Å². The molecule has 1 N–H and O–H groups in total. The van der Waals surface area contributed by atoms with E-state index in [4.69, 9.17) is 19.0 Å². The number of methoxy groups -OCH3 is 1. The largest absolute Gasteiger partial charge is 0.381 e. The Labute approximate surface area is 172 Å². The SMILES string of the molecule is COC1CN(c2nc(C)c(C)cc2-c2nc(C)no2)CCC1NC1CCOCC1. The van der Waals surface area contributed by atoms with E-state index in [1.807, 2.05) is 13.8 Å². The van der Waals surface area contributed by atoms with E-state index in [2.05, 4.69) is 33.3 Å². The van der Waals surface area contributed by atoms with Crippen molar-refractivity contribution in [3.63, 3.8) is 0 Å². The Morgan fingerprint density at radius 3 is 2.62 bits per heavy atom. The molecule has 0 amide bonds. The summed E-state index contributed by atoms with van der Waals surface area (Å²) >= 11 is 0. The number of rotatable bonds is 5. The van der Waals surface area contributed by atoms with E-state index in [-0.39, 0.29) is 6.10 Å². The van der Waals surface area contributed by atoms with Crippen molar-refractivity contribution in [1.29, 1.82) is 0 Å². The molecule has 0 spiro atoms. The Bertz CT molecular complexity index is 834. The van der Waals surface area contributed by atoms with Crippen LogP contribution in [0.4, 0.5) is 5.82 Å². The first-order valence-electron chi connectivity index (χ1n) is 10.5. The molecule has 0 aromatic carbocycles. The van der Waals surface area contributed by atoms with Gasteiger partial charge in [-0.3, -0.25) is 0 Å². The van der Waals surface area contributed by atoms with Gasteiger partial charge in [-0.15, -0.1) is 0 Å². The zero-order chi connectivity index (χ0) is 20.4. The number of anilines is 1. The van der Waals surface area contributed by atoms with Crippen LogP contribution in [-0.4, -0.2) is 66.7 Å². The maximum atomic E-state index is 5.89. The summed E-state index contributed by atoms with van der Waals surface area (Å²) in [6, 6.07) is 2.94. The highest BCUT2D eigenvalue weighted by Gasteiger charge is 2.33. The lowest BCUT2D eigenvalue weighted by Crippen LogP contribution is -2.56. The zero-order valence-corrected chi connectivity index (χ0v) is 17.8. The van der Waals surface area contributed by atoms with Crippen LogP contribution in [0.1, 0.15) is 36.3 Å². The van der Waals surface area contributed by atoms with E-state index < -0.39 is 0 Å². The van der Waals surface area contributed by atoms with Gasteiger partial charge < -0.3 is 24.2 Å². The molecule has 2 atom stereocenters. The molecule has 0 bridgehead atoms. The summed E-state index contributed by atoms with van der Waals surface area (Å²) in [5, 5.41) is 7.77. The Kier molecular flexibility index (Phi) is 6.12. The highest BCUT2D eigenvalue weighted by atomic mass is 16.5. The van der Waals surface area contributed by atoms with Crippen molar-refractivity contribution in [2.45, 2.75) is 58.2 Å². The normalized spacial score (nSPS) is 23.5. The van der Waals surface area contributed by atoms with Crippen molar-refractivity contribution in [2.24, 2.45) is 0 Å². The molecular formula is C21H31N5O3. The zero-order valence-electron chi connectivity index (χ0n) is 17.8. The third-order valence-corrected chi connectivity index (χ3v) is 6.04. The van der Waals surface area contributed by atoms with Gasteiger partial charge in [0.15, 0.2) is 5.82 Å². The average molecular weight is 402 g/mol. The lowest BCUT2D eigenvalue weighted by Gasteiger charge is -2.41. The molecule has 4 heterocycles. The molecule has 2 aromatic rings. The molecule has 2 aliphatic heterocycles. The highest BCUT2D eigenvalue weighted by Crippen LogP contribution is 2.32. The second-order valence-corrected chi connectivity index (χ2v) is 8.08. The van der Waals surface area contributed by atoms with Gasteiger partial charge in [0.1, 0.15) is 5.82 Å². The summed E-state index contributed by atoms with van der Waals surface area (Å²) in [5.74, 6) is 2.03. The molecule has 2 unspecified atom stereocenters. The summed E-state index contributed by atoms with van der Waals surface area (Å²) in [6.07, 6.45) is 3.21. The van der Waals surface area contributed by atoms with E-state index >= 15 is 0 Å². The molecule has 2 saturated heterocycles. The van der Waals surface area contributed by atoms with Gasteiger partial charge >= 0.3 is 0 Å². The highest BCUT2D eigenvalue weighted by molar-refractivity contribution is 5.71. The molecule has 4 rings (SSSR count). The van der Waals surface area contributed by atoms with Gasteiger partial charge in [-0.05, 0) is 51.7 Å². The van der Waals surface area contributed by atoms with Crippen LogP contribution in [0, 0.1) is 20.8 Å². The van der Waals surface area contributed by atoms with Crippen LogP contribution in [0.2, 0.25) is 0 Å². The number of aromatic nitrogens is 3. The molecule has 8 nitrogen and oxygen atoms in total. The number of piperidine rings is 1. The summed E-state index contributed by atoms with van der Waals surface area (Å²) in [7, 11) is 1.79. The van der Waals surface area contributed by atoms with Crippen molar-refractivity contribution in [3.8, 4) is 11.5 Å². The van der Waals surface area contributed by atoms with Crippen LogP contribution >= 0.6 is 0 Å². The van der Waals surface area contributed by atoms with Gasteiger partial charge in [0.05, 0.1) is 11.7 Å². The molecule has 0 saturated carbocycles. The van der Waals surface area contributed by atoms with Crippen LogP contribution in [0.15, 0.2) is 10.6 Å². The minimum Gasteiger partial charge on any atom is -0.381 e. The van der Waals surface area contributed by atoms with Gasteiger partial charge in [0.2, 0.25) is 0 Å². The minimum absolute atomic E-state index is 0.0901. The lowest BCUT2D eigenvalue weighted by molar-refractivity contribution is 0.0359. The molecule has 2 aromatic heterocycles. The smallest absolute Gasteiger partial charge is 0.261 e. The molecular weight excluding hydrogens is 370 g/mol. The van der Waals surface area contributed by atoms with Crippen LogP contribution in [0.5, 0.6) is 0 Å². The monoisotopic (exact) mass is 401 g/mol. The number of hydrogen-bond donors (Lipinski definition) is 1. The van der Waals surface area contributed by atoms with E-state index in [0.717, 1.165) is 68.2 Å². The summed E-state index contributed by atoms with van der Waals surface area (Å²) in [6.45, 7) is 9.27.